The fraction of sp³-hybridized carbons (Fsp3) is 0.125. The summed E-state index contributed by atoms with van der Waals surface area (Å²) in [6, 6.07) is 7.46. The number of ether oxygens (including phenoxy) is 2. The Morgan fingerprint density at radius 3 is 2.79 bits per heavy atom. The van der Waals surface area contributed by atoms with Gasteiger partial charge in [-0.25, -0.2) is 13.8 Å². The zero-order chi connectivity index (χ0) is 17.3. The number of nitrogens with zero attached hydrogens (tertiary/aromatic N) is 1. The van der Waals surface area contributed by atoms with Gasteiger partial charge in [0, 0.05) is 0 Å². The zero-order valence-electron chi connectivity index (χ0n) is 12.5. The molecule has 0 aliphatic rings. The topological polar surface area (TPSA) is 74.4 Å². The number of halogens is 2. The van der Waals surface area contributed by atoms with Crippen molar-refractivity contribution in [3.63, 3.8) is 0 Å². The van der Waals surface area contributed by atoms with Crippen LogP contribution in [0, 0.1) is 11.6 Å². The van der Waals surface area contributed by atoms with Crippen LogP contribution in [0.15, 0.2) is 30.3 Å². The molecule has 3 aromatic rings. The lowest BCUT2D eigenvalue weighted by molar-refractivity contribution is 0.0991. The lowest BCUT2D eigenvalue weighted by atomic mass is 10.2. The van der Waals surface area contributed by atoms with Crippen LogP contribution in [0.25, 0.3) is 10.2 Å². The van der Waals surface area contributed by atoms with Crippen molar-refractivity contribution in [3.8, 4) is 11.5 Å². The number of nitrogens with two attached hydrogens (primary N) is 1. The lowest BCUT2D eigenvalue weighted by Gasteiger charge is -2.08. The zero-order valence-corrected chi connectivity index (χ0v) is 13.3. The molecule has 24 heavy (non-hydrogen) atoms. The lowest BCUT2D eigenvalue weighted by Crippen LogP contribution is -2.16. The van der Waals surface area contributed by atoms with Crippen molar-refractivity contribution in [2.24, 2.45) is 5.73 Å². The third-order valence-electron chi connectivity index (χ3n) is 3.29. The van der Waals surface area contributed by atoms with Crippen LogP contribution in [0.5, 0.6) is 11.5 Å². The second-order valence-corrected chi connectivity index (χ2v) is 5.94. The van der Waals surface area contributed by atoms with E-state index in [9.17, 15) is 13.6 Å². The summed E-state index contributed by atoms with van der Waals surface area (Å²) in [4.78, 5) is 15.5. The molecule has 2 N–H and O–H groups in total. The Kier molecular flexibility index (Phi) is 4.30. The van der Waals surface area contributed by atoms with Crippen molar-refractivity contribution >= 4 is 27.5 Å². The summed E-state index contributed by atoms with van der Waals surface area (Å²) < 4.78 is 38.9. The Morgan fingerprint density at radius 2 is 2.08 bits per heavy atom. The van der Waals surface area contributed by atoms with Crippen LogP contribution in [-0.2, 0) is 6.61 Å². The molecule has 0 aliphatic carbocycles. The third-order valence-corrected chi connectivity index (χ3v) is 4.28. The van der Waals surface area contributed by atoms with Gasteiger partial charge in [-0.15, -0.1) is 11.3 Å². The van der Waals surface area contributed by atoms with Crippen molar-refractivity contribution in [1.82, 2.24) is 4.98 Å². The summed E-state index contributed by atoms with van der Waals surface area (Å²) in [5.41, 5.74) is 4.92. The fourth-order valence-electron chi connectivity index (χ4n) is 2.15. The quantitative estimate of drug-likeness (QED) is 0.766. The molecule has 0 spiro atoms. The molecule has 0 bridgehead atoms. The van der Waals surface area contributed by atoms with Gasteiger partial charge in [-0.2, -0.15) is 0 Å². The van der Waals surface area contributed by atoms with Gasteiger partial charge in [0.15, 0.2) is 11.6 Å². The van der Waals surface area contributed by atoms with Gasteiger partial charge in [-0.1, -0.05) is 0 Å². The fourth-order valence-corrected chi connectivity index (χ4v) is 3.06. The van der Waals surface area contributed by atoms with E-state index in [2.05, 4.69) is 4.98 Å². The molecule has 0 saturated heterocycles. The van der Waals surface area contributed by atoms with Crippen molar-refractivity contribution in [2.75, 3.05) is 7.11 Å². The van der Waals surface area contributed by atoms with Gasteiger partial charge < -0.3 is 15.2 Å². The number of hydrogen-bond acceptors (Lipinski definition) is 5. The number of methoxy groups -OCH3 is 1. The molecule has 124 valence electrons. The molecule has 1 amide bonds. The van der Waals surface area contributed by atoms with Crippen LogP contribution in [-0.4, -0.2) is 18.0 Å². The number of aromatic nitrogens is 1. The number of fused-ring (bicyclic) bond motifs is 1. The third kappa shape index (κ3) is 3.00. The number of carbonyl (C=O) groups excluding carboxylic acids is 1. The van der Waals surface area contributed by atoms with Crippen molar-refractivity contribution < 1.29 is 23.0 Å². The molecule has 0 atom stereocenters. The molecule has 0 unspecified atom stereocenters. The molecule has 0 fully saturated rings. The molecule has 0 radical (unpaired) electrons. The van der Waals surface area contributed by atoms with E-state index in [0.717, 1.165) is 22.3 Å². The Hall–Kier alpha value is -2.74. The van der Waals surface area contributed by atoms with Crippen LogP contribution < -0.4 is 15.2 Å². The maximum atomic E-state index is 14.1. The summed E-state index contributed by atoms with van der Waals surface area (Å²) in [5, 5.41) is 0.600. The smallest absolute Gasteiger partial charge is 0.254 e. The van der Waals surface area contributed by atoms with E-state index in [4.69, 9.17) is 15.2 Å². The first-order chi connectivity index (χ1) is 11.5. The minimum atomic E-state index is -1.19. The second-order valence-electron chi connectivity index (χ2n) is 4.83. The number of hydrogen-bond donors (Lipinski definition) is 1. The van der Waals surface area contributed by atoms with E-state index in [1.165, 1.54) is 11.3 Å². The Balaban J connectivity index is 1.83. The largest absolute Gasteiger partial charge is 0.497 e. The van der Waals surface area contributed by atoms with Crippen molar-refractivity contribution in [2.45, 2.75) is 6.61 Å². The van der Waals surface area contributed by atoms with Gasteiger partial charge in [-0.05, 0) is 30.3 Å². The average molecular weight is 350 g/mol. The molecular weight excluding hydrogens is 338 g/mol. The molecular formula is C16H12F2N2O3S. The van der Waals surface area contributed by atoms with E-state index in [0.29, 0.717) is 10.8 Å². The summed E-state index contributed by atoms with van der Waals surface area (Å²) in [6.07, 6.45) is 0. The monoisotopic (exact) mass is 350 g/mol. The van der Waals surface area contributed by atoms with Crippen LogP contribution in [0.3, 0.4) is 0 Å². The highest BCUT2D eigenvalue weighted by atomic mass is 32.1. The molecule has 1 heterocycles. The summed E-state index contributed by atoms with van der Waals surface area (Å²) in [7, 11) is 1.57. The molecule has 3 rings (SSSR count). The van der Waals surface area contributed by atoms with Gasteiger partial charge in [0.05, 0.1) is 17.3 Å². The van der Waals surface area contributed by atoms with Gasteiger partial charge in [0.25, 0.3) is 5.91 Å². The maximum Gasteiger partial charge on any atom is 0.254 e. The van der Waals surface area contributed by atoms with E-state index in [1.54, 1.807) is 19.2 Å². The van der Waals surface area contributed by atoms with Crippen molar-refractivity contribution in [1.29, 1.82) is 0 Å². The molecule has 0 aliphatic heterocycles. The predicted molar refractivity (Wildman–Crippen MR) is 85.4 cm³/mol. The van der Waals surface area contributed by atoms with E-state index in [-0.39, 0.29) is 12.4 Å². The maximum absolute atomic E-state index is 14.1. The highest BCUT2D eigenvalue weighted by Gasteiger charge is 2.19. The normalized spacial score (nSPS) is 10.8. The predicted octanol–water partition coefficient (Wildman–Crippen LogP) is 3.26. The van der Waals surface area contributed by atoms with Gasteiger partial charge in [-0.3, -0.25) is 4.79 Å². The van der Waals surface area contributed by atoms with Crippen LogP contribution in [0.2, 0.25) is 0 Å². The average Bonchev–Trinajstić information content (AvgIpc) is 2.95. The number of amides is 1. The number of benzene rings is 2. The molecule has 5 nitrogen and oxygen atoms in total. The van der Waals surface area contributed by atoms with Gasteiger partial charge >= 0.3 is 0 Å². The first-order valence-electron chi connectivity index (χ1n) is 6.83. The van der Waals surface area contributed by atoms with Gasteiger partial charge in [0.2, 0.25) is 0 Å². The molecule has 2 aromatic carbocycles. The SMILES string of the molecule is COc1ccc2nc(COc3ccc(F)c(C(N)=O)c3F)sc2c1. The standard InChI is InChI=1S/C16H12F2N2O3S/c1-22-8-2-4-10-12(6-8)24-13(20-10)7-23-11-5-3-9(17)14(15(11)18)16(19)21/h2-6H,7H2,1H3,(H2,19,21). The summed E-state index contributed by atoms with van der Waals surface area (Å²) in [6.45, 7) is -0.0254. The minimum absolute atomic E-state index is 0.0254. The van der Waals surface area contributed by atoms with Crippen LogP contribution >= 0.6 is 11.3 Å². The Bertz CT molecular complexity index is 927. The highest BCUT2D eigenvalue weighted by molar-refractivity contribution is 7.18. The summed E-state index contributed by atoms with van der Waals surface area (Å²) in [5.74, 6) is -2.90. The first kappa shape index (κ1) is 16.1. The van der Waals surface area contributed by atoms with E-state index < -0.39 is 23.1 Å². The molecule has 8 heteroatoms. The van der Waals surface area contributed by atoms with Crippen LogP contribution in [0.1, 0.15) is 15.4 Å². The second kappa shape index (κ2) is 6.40. The Morgan fingerprint density at radius 1 is 1.29 bits per heavy atom. The van der Waals surface area contributed by atoms with Crippen LogP contribution in [0.4, 0.5) is 8.78 Å². The number of primary amides is 1. The van der Waals surface area contributed by atoms with Crippen molar-refractivity contribution in [3.05, 3.63) is 52.5 Å². The van der Waals surface area contributed by atoms with E-state index >= 15 is 0 Å². The Labute approximate surface area is 139 Å². The highest BCUT2D eigenvalue weighted by Crippen LogP contribution is 2.28. The molecule has 0 saturated carbocycles. The first-order valence-corrected chi connectivity index (χ1v) is 7.65. The summed E-state index contributed by atoms with van der Waals surface area (Å²) >= 11 is 1.36. The number of rotatable bonds is 5. The van der Waals surface area contributed by atoms with E-state index in [1.807, 2.05) is 6.07 Å². The number of carbonyl (C=O) groups is 1. The molecule has 1 aromatic heterocycles. The number of thiazole rings is 1. The van der Waals surface area contributed by atoms with Gasteiger partial charge in [0.1, 0.15) is 28.7 Å². The minimum Gasteiger partial charge on any atom is -0.497 e.